The first-order chi connectivity index (χ1) is 11.6. The molecule has 2 aromatic heterocycles. The Morgan fingerprint density at radius 2 is 2.12 bits per heavy atom. The number of rotatable bonds is 2. The van der Waals surface area contributed by atoms with Gasteiger partial charge in [0.1, 0.15) is 22.8 Å². The predicted octanol–water partition coefficient (Wildman–Crippen LogP) is 2.82. The zero-order valence-corrected chi connectivity index (χ0v) is 13.4. The van der Waals surface area contributed by atoms with Crippen LogP contribution in [0.1, 0.15) is 10.5 Å². The van der Waals surface area contributed by atoms with Crippen molar-refractivity contribution in [3.63, 3.8) is 0 Å². The minimum absolute atomic E-state index is 0.0231. The van der Waals surface area contributed by atoms with Crippen molar-refractivity contribution in [1.82, 2.24) is 9.38 Å². The van der Waals surface area contributed by atoms with Gasteiger partial charge in [0.2, 0.25) is 0 Å². The lowest BCUT2D eigenvalue weighted by Crippen LogP contribution is -2.35. The number of ether oxygens (including phenoxy) is 1. The first-order valence-electron chi connectivity index (χ1n) is 7.25. The van der Waals surface area contributed by atoms with Gasteiger partial charge in [-0.1, -0.05) is 11.6 Å². The van der Waals surface area contributed by atoms with Gasteiger partial charge in [-0.05, 0) is 30.3 Å². The van der Waals surface area contributed by atoms with Crippen LogP contribution in [-0.4, -0.2) is 35.2 Å². The molecule has 0 saturated carbocycles. The van der Waals surface area contributed by atoms with Crippen molar-refractivity contribution < 1.29 is 14.3 Å². The lowest BCUT2D eigenvalue weighted by atomic mass is 10.1. The number of anilines is 1. The van der Waals surface area contributed by atoms with Crippen molar-refractivity contribution in [2.24, 2.45) is 0 Å². The Hall–Kier alpha value is -2.86. The summed E-state index contributed by atoms with van der Waals surface area (Å²) in [7, 11) is 1.69. The highest BCUT2D eigenvalue weighted by molar-refractivity contribution is 6.30. The van der Waals surface area contributed by atoms with E-state index in [-0.39, 0.29) is 12.5 Å². The topological polar surface area (TPSA) is 63.9 Å². The summed E-state index contributed by atoms with van der Waals surface area (Å²) in [5.41, 5.74) is 2.92. The molecule has 0 radical (unpaired) electrons. The highest BCUT2D eigenvalue weighted by atomic mass is 35.5. The minimum atomic E-state index is -0.128. The number of amides is 1. The fourth-order valence-electron chi connectivity index (χ4n) is 2.78. The van der Waals surface area contributed by atoms with Crippen molar-refractivity contribution in [1.29, 1.82) is 0 Å². The number of carbonyl (C=O) groups is 2. The Morgan fingerprint density at radius 1 is 1.29 bits per heavy atom. The van der Waals surface area contributed by atoms with Gasteiger partial charge in [0.15, 0.2) is 12.9 Å². The quantitative estimate of drug-likeness (QED) is 0.672. The van der Waals surface area contributed by atoms with Crippen LogP contribution in [-0.2, 0) is 4.79 Å². The number of pyridine rings is 1. The van der Waals surface area contributed by atoms with Crippen LogP contribution in [0.2, 0.25) is 5.02 Å². The summed E-state index contributed by atoms with van der Waals surface area (Å²) in [5.74, 6) is 0.498. The normalized spacial score (nSPS) is 13.8. The Labute approximate surface area is 142 Å². The van der Waals surface area contributed by atoms with E-state index >= 15 is 0 Å². The minimum Gasteiger partial charge on any atom is -0.482 e. The molecular weight excluding hydrogens is 330 g/mol. The van der Waals surface area contributed by atoms with Gasteiger partial charge in [-0.2, -0.15) is 0 Å². The summed E-state index contributed by atoms with van der Waals surface area (Å²) in [5, 5.41) is 0.513. The van der Waals surface area contributed by atoms with E-state index in [0.717, 1.165) is 11.8 Å². The van der Waals surface area contributed by atoms with Gasteiger partial charge in [0.05, 0.1) is 10.7 Å². The van der Waals surface area contributed by atoms with Gasteiger partial charge < -0.3 is 9.64 Å². The molecule has 1 aliphatic rings. The second-order valence-corrected chi connectivity index (χ2v) is 5.90. The van der Waals surface area contributed by atoms with Crippen molar-refractivity contribution >= 4 is 35.1 Å². The molecule has 0 N–H and O–H groups in total. The number of halogens is 1. The molecule has 0 saturated heterocycles. The SMILES string of the molecule is CN1C(=O)COc2ccc(-c3nc4ccc(Cl)cn4c3C=O)cc21. The number of imidazole rings is 1. The average molecular weight is 342 g/mol. The number of carbonyl (C=O) groups excluding carboxylic acids is 2. The van der Waals surface area contributed by atoms with Gasteiger partial charge in [-0.15, -0.1) is 0 Å². The third-order valence-corrected chi connectivity index (χ3v) is 4.27. The predicted molar refractivity (Wildman–Crippen MR) is 89.9 cm³/mol. The average Bonchev–Trinajstić information content (AvgIpc) is 2.95. The summed E-state index contributed by atoms with van der Waals surface area (Å²) in [6.45, 7) is 0.0231. The van der Waals surface area contributed by atoms with Crippen LogP contribution in [0.4, 0.5) is 5.69 Å². The molecule has 0 bridgehead atoms. The lowest BCUT2D eigenvalue weighted by Gasteiger charge is -2.26. The first kappa shape index (κ1) is 14.7. The number of hydrogen-bond acceptors (Lipinski definition) is 4. The van der Waals surface area contributed by atoms with Crippen LogP contribution >= 0.6 is 11.6 Å². The molecule has 0 spiro atoms. The van der Waals surface area contributed by atoms with E-state index in [9.17, 15) is 9.59 Å². The van der Waals surface area contributed by atoms with Crippen LogP contribution in [0.5, 0.6) is 5.75 Å². The summed E-state index contributed by atoms with van der Waals surface area (Å²) >= 11 is 6.01. The second kappa shape index (κ2) is 5.35. The molecule has 0 unspecified atom stereocenters. The van der Waals surface area contributed by atoms with E-state index < -0.39 is 0 Å². The Bertz CT molecular complexity index is 996. The van der Waals surface area contributed by atoms with Crippen molar-refractivity contribution in [3.8, 4) is 17.0 Å². The highest BCUT2D eigenvalue weighted by Crippen LogP contribution is 2.36. The molecule has 7 heteroatoms. The fourth-order valence-corrected chi connectivity index (χ4v) is 2.94. The molecule has 3 heterocycles. The Kier molecular flexibility index (Phi) is 3.28. The largest absolute Gasteiger partial charge is 0.482 e. The number of hydrogen-bond donors (Lipinski definition) is 0. The van der Waals surface area contributed by atoms with E-state index in [4.69, 9.17) is 16.3 Å². The Morgan fingerprint density at radius 3 is 2.92 bits per heavy atom. The van der Waals surface area contributed by atoms with Gasteiger partial charge in [0, 0.05) is 18.8 Å². The maximum atomic E-state index is 11.8. The van der Waals surface area contributed by atoms with Crippen LogP contribution in [0.15, 0.2) is 36.5 Å². The zero-order valence-electron chi connectivity index (χ0n) is 12.7. The van der Waals surface area contributed by atoms with E-state index in [1.165, 1.54) is 4.90 Å². The standard InChI is InChI=1S/C17H12ClN3O3/c1-20-12-6-10(2-4-14(12)24-9-16(20)23)17-13(8-22)21-7-11(18)3-5-15(21)19-17/h2-8H,9H2,1H3. The molecule has 24 heavy (non-hydrogen) atoms. The molecule has 1 amide bonds. The summed E-state index contributed by atoms with van der Waals surface area (Å²) in [6, 6.07) is 8.85. The lowest BCUT2D eigenvalue weighted by molar-refractivity contribution is -0.120. The molecule has 1 aromatic carbocycles. The number of aldehydes is 1. The van der Waals surface area contributed by atoms with E-state index in [1.807, 2.05) is 6.07 Å². The van der Waals surface area contributed by atoms with Crippen molar-refractivity contribution in [3.05, 3.63) is 47.2 Å². The third-order valence-electron chi connectivity index (χ3n) is 4.05. The summed E-state index contributed by atoms with van der Waals surface area (Å²) in [6.07, 6.45) is 2.39. The molecule has 120 valence electrons. The molecule has 0 atom stereocenters. The molecule has 0 aliphatic carbocycles. The number of benzene rings is 1. The smallest absolute Gasteiger partial charge is 0.264 e. The zero-order chi connectivity index (χ0) is 16.8. The molecule has 3 aromatic rings. The number of aromatic nitrogens is 2. The van der Waals surface area contributed by atoms with Gasteiger partial charge >= 0.3 is 0 Å². The molecule has 1 aliphatic heterocycles. The van der Waals surface area contributed by atoms with Crippen molar-refractivity contribution in [2.75, 3.05) is 18.6 Å². The summed E-state index contributed by atoms with van der Waals surface area (Å²) in [4.78, 5) is 29.5. The first-order valence-corrected chi connectivity index (χ1v) is 7.63. The molecular formula is C17H12ClN3O3. The molecule has 6 nitrogen and oxygen atoms in total. The number of likely N-dealkylation sites (N-methyl/N-ethyl adjacent to an activating group) is 1. The van der Waals surface area contributed by atoms with Gasteiger partial charge in [0.25, 0.3) is 5.91 Å². The second-order valence-electron chi connectivity index (χ2n) is 5.46. The summed E-state index contributed by atoms with van der Waals surface area (Å²) < 4.78 is 7.07. The van der Waals surface area contributed by atoms with Crippen LogP contribution in [0.3, 0.4) is 0 Å². The third kappa shape index (κ3) is 2.15. The monoisotopic (exact) mass is 341 g/mol. The maximum Gasteiger partial charge on any atom is 0.264 e. The molecule has 4 rings (SSSR count). The molecule has 0 fully saturated rings. The van der Waals surface area contributed by atoms with E-state index in [0.29, 0.717) is 33.5 Å². The Balaban J connectivity index is 1.92. The van der Waals surface area contributed by atoms with Gasteiger partial charge in [-0.25, -0.2) is 4.98 Å². The van der Waals surface area contributed by atoms with E-state index in [2.05, 4.69) is 4.98 Å². The number of nitrogens with zero attached hydrogens (tertiary/aromatic N) is 3. The van der Waals surface area contributed by atoms with Gasteiger partial charge in [-0.3, -0.25) is 14.0 Å². The van der Waals surface area contributed by atoms with Crippen LogP contribution in [0, 0.1) is 0 Å². The van der Waals surface area contributed by atoms with Crippen LogP contribution < -0.4 is 9.64 Å². The number of fused-ring (bicyclic) bond motifs is 2. The van der Waals surface area contributed by atoms with Crippen molar-refractivity contribution in [2.45, 2.75) is 0 Å². The highest BCUT2D eigenvalue weighted by Gasteiger charge is 2.24. The maximum absolute atomic E-state index is 11.8. The van der Waals surface area contributed by atoms with E-state index in [1.54, 1.807) is 41.9 Å². The fraction of sp³-hybridized carbons (Fsp3) is 0.118. The van der Waals surface area contributed by atoms with Crippen LogP contribution in [0.25, 0.3) is 16.9 Å².